The van der Waals surface area contributed by atoms with E-state index in [0.717, 1.165) is 4.88 Å². The van der Waals surface area contributed by atoms with E-state index < -0.39 is 18.0 Å². The highest BCUT2D eigenvalue weighted by Gasteiger charge is 2.32. The Balaban J connectivity index is 1.44. The maximum Gasteiger partial charge on any atom is 0.414 e. The molecule has 3 heterocycles. The summed E-state index contributed by atoms with van der Waals surface area (Å²) in [4.78, 5) is 19.9. The van der Waals surface area contributed by atoms with Crippen LogP contribution in [0.2, 0.25) is 0 Å². The Kier molecular flexibility index (Phi) is 5.01. The van der Waals surface area contributed by atoms with Gasteiger partial charge in [0.25, 0.3) is 0 Å². The number of halogens is 1. The van der Waals surface area contributed by atoms with Crippen molar-refractivity contribution in [1.82, 2.24) is 9.99 Å². The van der Waals surface area contributed by atoms with E-state index in [1.165, 1.54) is 22.3 Å². The fourth-order valence-electron chi connectivity index (χ4n) is 3.08. The van der Waals surface area contributed by atoms with Crippen LogP contribution in [0.4, 0.5) is 25.7 Å². The van der Waals surface area contributed by atoms with Gasteiger partial charge in [-0.15, -0.1) is 11.3 Å². The van der Waals surface area contributed by atoms with Crippen molar-refractivity contribution in [1.29, 1.82) is 0 Å². The lowest BCUT2D eigenvalue weighted by Gasteiger charge is -2.30. The largest absolute Gasteiger partial charge is 0.441 e. The summed E-state index contributed by atoms with van der Waals surface area (Å²) in [5.74, 6) is -0.465. The summed E-state index contributed by atoms with van der Waals surface area (Å²) in [7, 11) is 0. The molecule has 0 unspecified atom stereocenters. The van der Waals surface area contributed by atoms with Crippen molar-refractivity contribution >= 4 is 40.3 Å². The van der Waals surface area contributed by atoms with Gasteiger partial charge in [0.2, 0.25) is 0 Å². The molecule has 0 aliphatic carbocycles. The van der Waals surface area contributed by atoms with Crippen molar-refractivity contribution in [2.75, 3.05) is 41.8 Å². The Morgan fingerprint density at radius 2 is 2.25 bits per heavy atom. The van der Waals surface area contributed by atoms with Crippen LogP contribution in [0.1, 0.15) is 4.88 Å². The van der Waals surface area contributed by atoms with E-state index >= 15 is 0 Å². The molecule has 1 fully saturated rings. The van der Waals surface area contributed by atoms with Crippen LogP contribution in [-0.4, -0.2) is 59.9 Å². The number of carbonyl (C=O) groups is 1. The maximum atomic E-state index is 14.7. The quantitative estimate of drug-likeness (QED) is 0.774. The van der Waals surface area contributed by atoms with Crippen LogP contribution >= 0.6 is 11.3 Å². The number of aliphatic hydroxyl groups excluding tert-OH is 1. The number of nitrogens with zero attached hydrogens (tertiary/aromatic N) is 5. The highest BCUT2D eigenvalue weighted by atomic mass is 32.1. The van der Waals surface area contributed by atoms with Crippen LogP contribution < -0.4 is 15.5 Å². The molecular weight excluding hydrogens is 387 g/mol. The van der Waals surface area contributed by atoms with Gasteiger partial charge in [-0.2, -0.15) is 5.10 Å². The minimum Gasteiger partial charge on any atom is -0.441 e. The molecule has 0 radical (unpaired) electrons. The van der Waals surface area contributed by atoms with Gasteiger partial charge in [-0.05, 0) is 18.2 Å². The number of cyclic esters (lactones) is 1. The first-order valence-corrected chi connectivity index (χ1v) is 9.49. The Morgan fingerprint density at radius 1 is 1.39 bits per heavy atom. The van der Waals surface area contributed by atoms with Crippen LogP contribution in [0.25, 0.3) is 0 Å². The number of carbonyl (C=O) groups excluding carboxylic acids is 1. The Bertz CT molecular complexity index is 907. The number of ether oxygens (including phenoxy) is 1. The molecule has 2 aliphatic heterocycles. The van der Waals surface area contributed by atoms with Gasteiger partial charge in [0, 0.05) is 17.6 Å². The highest BCUT2D eigenvalue weighted by Crippen LogP contribution is 2.28. The Morgan fingerprint density at radius 3 is 2.86 bits per heavy atom. The first-order valence-electron chi connectivity index (χ1n) is 8.68. The first-order chi connectivity index (χ1) is 13.5. The summed E-state index contributed by atoms with van der Waals surface area (Å²) in [6, 6.07) is 4.55. The number of nitrogens with two attached hydrogens (primary N) is 1. The number of hydrogen-bond donors (Lipinski definition) is 2. The summed E-state index contributed by atoms with van der Waals surface area (Å²) in [5.41, 5.74) is 6.40. The molecule has 1 atom stereocenters. The highest BCUT2D eigenvalue weighted by molar-refractivity contribution is 7.15. The molecule has 4 rings (SSSR count). The summed E-state index contributed by atoms with van der Waals surface area (Å²) in [6.07, 6.45) is 2.12. The average molecular weight is 406 g/mol. The Hall–Kier alpha value is -2.92. The molecule has 2 aromatic rings. The van der Waals surface area contributed by atoms with Crippen molar-refractivity contribution in [2.45, 2.75) is 12.6 Å². The number of nitrogen functional groups attached to an aromatic ring is 1. The van der Waals surface area contributed by atoms with Crippen molar-refractivity contribution in [3.8, 4) is 0 Å². The molecule has 28 heavy (non-hydrogen) atoms. The molecule has 9 nitrogen and oxygen atoms in total. The molecule has 148 valence electrons. The predicted octanol–water partition coefficient (Wildman–Crippen LogP) is 1.45. The third-order valence-corrected chi connectivity index (χ3v) is 5.30. The van der Waals surface area contributed by atoms with Crippen LogP contribution in [0.15, 0.2) is 29.5 Å². The summed E-state index contributed by atoms with van der Waals surface area (Å²) in [5, 5.41) is 15.9. The summed E-state index contributed by atoms with van der Waals surface area (Å²) >= 11 is 1.42. The zero-order valence-corrected chi connectivity index (χ0v) is 15.7. The number of thiazole rings is 1. The second-order valence-electron chi connectivity index (χ2n) is 6.41. The molecular formula is C17H19FN6O3S. The molecule has 1 saturated heterocycles. The lowest BCUT2D eigenvalue weighted by atomic mass is 10.2. The molecule has 11 heteroatoms. The third kappa shape index (κ3) is 3.71. The number of anilines is 3. The number of benzene rings is 1. The summed E-state index contributed by atoms with van der Waals surface area (Å²) < 4.78 is 19.7. The van der Waals surface area contributed by atoms with Crippen LogP contribution in [0.3, 0.4) is 0 Å². The van der Waals surface area contributed by atoms with Gasteiger partial charge in [-0.25, -0.2) is 14.2 Å². The van der Waals surface area contributed by atoms with E-state index in [0.29, 0.717) is 36.1 Å². The van der Waals surface area contributed by atoms with Crippen molar-refractivity contribution < 1.29 is 19.0 Å². The number of rotatable bonds is 5. The molecule has 0 bridgehead atoms. The SMILES string of the molecule is Nc1ncc(CN2CCN(c3ccc(N4C[C@H](CO)OC4=O)cc3F)C=N2)s1. The minimum atomic E-state index is -0.593. The molecule has 1 amide bonds. The maximum absolute atomic E-state index is 14.7. The number of amides is 1. The second kappa shape index (κ2) is 7.60. The summed E-state index contributed by atoms with van der Waals surface area (Å²) in [6.45, 7) is 1.70. The van der Waals surface area contributed by atoms with Crippen molar-refractivity contribution in [3.63, 3.8) is 0 Å². The van der Waals surface area contributed by atoms with Crippen molar-refractivity contribution in [2.24, 2.45) is 5.10 Å². The van der Waals surface area contributed by atoms with Gasteiger partial charge in [0.15, 0.2) is 5.13 Å². The normalized spacial score (nSPS) is 19.4. The fraction of sp³-hybridized carbons (Fsp3) is 0.353. The number of aliphatic hydroxyl groups is 1. The topological polar surface area (TPSA) is 108 Å². The van der Waals surface area contributed by atoms with Gasteiger partial charge < -0.3 is 20.5 Å². The molecule has 1 aromatic carbocycles. The fourth-order valence-corrected chi connectivity index (χ4v) is 3.77. The third-order valence-electron chi connectivity index (χ3n) is 4.49. The van der Waals surface area contributed by atoms with Crippen LogP contribution in [-0.2, 0) is 11.3 Å². The van der Waals surface area contributed by atoms with Gasteiger partial charge in [-0.3, -0.25) is 9.91 Å². The first kappa shape index (κ1) is 18.4. The standard InChI is InChI=1S/C17H19FN6O3S/c18-14-5-11(24-7-12(9-25)27-17(24)26)1-2-15(14)22-3-4-23(21-10-22)8-13-6-20-16(19)28-13/h1-2,5-6,10,12,25H,3-4,7-9H2,(H2,19,20)/t12-/m1/s1. The van der Waals surface area contributed by atoms with E-state index in [-0.39, 0.29) is 13.2 Å². The number of hydrazone groups is 1. The number of hydrogen-bond acceptors (Lipinski definition) is 9. The van der Waals surface area contributed by atoms with Gasteiger partial charge in [0.05, 0.1) is 37.6 Å². The van der Waals surface area contributed by atoms with Crippen molar-refractivity contribution in [3.05, 3.63) is 35.1 Å². The van der Waals surface area contributed by atoms with E-state index in [4.69, 9.17) is 15.6 Å². The van der Waals surface area contributed by atoms with Gasteiger partial charge in [-0.1, -0.05) is 0 Å². The monoisotopic (exact) mass is 406 g/mol. The zero-order chi connectivity index (χ0) is 19.7. The average Bonchev–Trinajstić information content (AvgIpc) is 3.27. The molecule has 0 spiro atoms. The van der Waals surface area contributed by atoms with E-state index in [2.05, 4.69) is 10.1 Å². The zero-order valence-electron chi connectivity index (χ0n) is 14.9. The predicted molar refractivity (Wildman–Crippen MR) is 104 cm³/mol. The lowest BCUT2D eigenvalue weighted by Crippen LogP contribution is -2.37. The van der Waals surface area contributed by atoms with E-state index in [9.17, 15) is 9.18 Å². The Labute approximate surface area is 164 Å². The molecule has 0 saturated carbocycles. The van der Waals surface area contributed by atoms with E-state index in [1.807, 2.05) is 5.01 Å². The van der Waals surface area contributed by atoms with Crippen LogP contribution in [0.5, 0.6) is 0 Å². The number of aromatic nitrogens is 1. The van der Waals surface area contributed by atoms with Gasteiger partial charge >= 0.3 is 6.09 Å². The molecule has 1 aromatic heterocycles. The second-order valence-corrected chi connectivity index (χ2v) is 7.56. The van der Waals surface area contributed by atoms with Crippen LogP contribution in [0, 0.1) is 5.82 Å². The van der Waals surface area contributed by atoms with Gasteiger partial charge in [0.1, 0.15) is 18.3 Å². The molecule has 3 N–H and O–H groups in total. The smallest absolute Gasteiger partial charge is 0.414 e. The molecule has 2 aliphatic rings. The van der Waals surface area contributed by atoms with E-state index in [1.54, 1.807) is 29.6 Å². The minimum absolute atomic E-state index is 0.191. The lowest BCUT2D eigenvalue weighted by molar-refractivity contribution is 0.0963.